The van der Waals surface area contributed by atoms with E-state index in [4.69, 9.17) is 5.73 Å². The van der Waals surface area contributed by atoms with Crippen molar-refractivity contribution < 1.29 is 8.42 Å². The first-order valence-corrected chi connectivity index (χ1v) is 7.56. The minimum Gasteiger partial charge on any atom is -0.325 e. The molecule has 0 radical (unpaired) electrons. The van der Waals surface area contributed by atoms with Crippen LogP contribution in [0.15, 0.2) is 11.1 Å². The van der Waals surface area contributed by atoms with E-state index in [0.717, 1.165) is 11.3 Å². The van der Waals surface area contributed by atoms with Gasteiger partial charge in [0.2, 0.25) is 10.0 Å². The average molecular weight is 298 g/mol. The lowest BCUT2D eigenvalue weighted by Gasteiger charge is -2.07. The molecule has 0 aliphatic heterocycles. The molecule has 20 heavy (non-hydrogen) atoms. The molecule has 2 heterocycles. The third-order valence-electron chi connectivity index (χ3n) is 3.21. The van der Waals surface area contributed by atoms with Crippen LogP contribution < -0.4 is 10.5 Å². The summed E-state index contributed by atoms with van der Waals surface area (Å²) >= 11 is 0. The Bertz CT molecular complexity index is 715. The van der Waals surface area contributed by atoms with Crippen molar-refractivity contribution in [1.82, 2.24) is 24.7 Å². The molecule has 0 unspecified atom stereocenters. The van der Waals surface area contributed by atoms with Gasteiger partial charge >= 0.3 is 0 Å². The molecule has 2 aromatic rings. The molecule has 0 atom stereocenters. The highest BCUT2D eigenvalue weighted by Crippen LogP contribution is 2.17. The fourth-order valence-corrected chi connectivity index (χ4v) is 3.30. The minimum atomic E-state index is -3.66. The lowest BCUT2D eigenvalue weighted by atomic mass is 10.3. The highest BCUT2D eigenvalue weighted by Gasteiger charge is 2.23. The van der Waals surface area contributed by atoms with Crippen LogP contribution in [-0.4, -0.2) is 28.4 Å². The number of nitrogens with zero attached hydrogens (tertiary/aromatic N) is 3. The molecule has 9 heteroatoms. The number of sulfonamides is 1. The Morgan fingerprint density at radius 1 is 1.45 bits per heavy atom. The fourth-order valence-electron chi connectivity index (χ4n) is 1.93. The van der Waals surface area contributed by atoms with Gasteiger partial charge in [0.25, 0.3) is 0 Å². The number of aryl methyl sites for hydroxylation is 2. The number of nitrogens with two attached hydrogens (primary N) is 1. The standard InChI is InChI=1S/C11H18N6O2S/c1-7-11(10(4-12)16-15-7)20(18,19)14-6-9-5-13-17(3)8(9)2/h5,14H,4,6,12H2,1-3H3,(H,15,16). The van der Waals surface area contributed by atoms with E-state index in [0.29, 0.717) is 11.4 Å². The van der Waals surface area contributed by atoms with Crippen molar-refractivity contribution in [3.8, 4) is 0 Å². The van der Waals surface area contributed by atoms with Crippen LogP contribution >= 0.6 is 0 Å². The van der Waals surface area contributed by atoms with Crippen molar-refractivity contribution in [2.45, 2.75) is 31.8 Å². The van der Waals surface area contributed by atoms with Gasteiger partial charge in [0.15, 0.2) is 0 Å². The summed E-state index contributed by atoms with van der Waals surface area (Å²) in [5.74, 6) is 0. The van der Waals surface area contributed by atoms with E-state index in [1.165, 1.54) is 0 Å². The first-order valence-electron chi connectivity index (χ1n) is 6.08. The van der Waals surface area contributed by atoms with Crippen LogP contribution in [0.25, 0.3) is 0 Å². The second kappa shape index (κ2) is 5.35. The lowest BCUT2D eigenvalue weighted by Crippen LogP contribution is -2.25. The zero-order chi connectivity index (χ0) is 14.9. The first kappa shape index (κ1) is 14.7. The van der Waals surface area contributed by atoms with E-state index in [-0.39, 0.29) is 18.0 Å². The zero-order valence-corrected chi connectivity index (χ0v) is 12.5. The Kier molecular flexibility index (Phi) is 3.93. The van der Waals surface area contributed by atoms with Crippen molar-refractivity contribution in [3.05, 3.63) is 28.8 Å². The van der Waals surface area contributed by atoms with Gasteiger partial charge in [-0.3, -0.25) is 9.78 Å². The summed E-state index contributed by atoms with van der Waals surface area (Å²) in [6.45, 7) is 3.77. The third-order valence-corrected chi connectivity index (χ3v) is 4.82. The number of aromatic amines is 1. The largest absolute Gasteiger partial charge is 0.325 e. The summed E-state index contributed by atoms with van der Waals surface area (Å²) < 4.78 is 28.9. The molecule has 0 fully saturated rings. The first-order chi connectivity index (χ1) is 9.36. The SMILES string of the molecule is Cc1[nH]nc(CN)c1S(=O)(=O)NCc1cnn(C)c1C. The van der Waals surface area contributed by atoms with Gasteiger partial charge in [0.05, 0.1) is 17.6 Å². The maximum absolute atomic E-state index is 12.3. The maximum atomic E-state index is 12.3. The lowest BCUT2D eigenvalue weighted by molar-refractivity contribution is 0.579. The second-order valence-corrected chi connectivity index (χ2v) is 6.24. The highest BCUT2D eigenvalue weighted by molar-refractivity contribution is 7.89. The van der Waals surface area contributed by atoms with Crippen LogP contribution in [0.1, 0.15) is 22.6 Å². The molecule has 8 nitrogen and oxygen atoms in total. The molecule has 110 valence electrons. The van der Waals surface area contributed by atoms with Crippen molar-refractivity contribution >= 4 is 10.0 Å². The van der Waals surface area contributed by atoms with Gasteiger partial charge in [-0.2, -0.15) is 10.2 Å². The van der Waals surface area contributed by atoms with E-state index in [1.807, 2.05) is 6.92 Å². The molecule has 4 N–H and O–H groups in total. The summed E-state index contributed by atoms with van der Waals surface area (Å²) in [6.07, 6.45) is 1.64. The summed E-state index contributed by atoms with van der Waals surface area (Å²) in [6, 6.07) is 0. The molecular weight excluding hydrogens is 280 g/mol. The average Bonchev–Trinajstić information content (AvgIpc) is 2.93. The predicted octanol–water partition coefficient (Wildman–Crippen LogP) is -0.303. The van der Waals surface area contributed by atoms with E-state index >= 15 is 0 Å². The van der Waals surface area contributed by atoms with E-state index in [2.05, 4.69) is 20.0 Å². The number of H-pyrrole nitrogens is 1. The topological polar surface area (TPSA) is 119 Å². The van der Waals surface area contributed by atoms with E-state index in [1.54, 1.807) is 24.9 Å². The Morgan fingerprint density at radius 2 is 2.15 bits per heavy atom. The quantitative estimate of drug-likeness (QED) is 0.700. The molecule has 0 saturated heterocycles. The van der Waals surface area contributed by atoms with Gasteiger partial charge in [-0.1, -0.05) is 0 Å². The molecule has 0 aromatic carbocycles. The van der Waals surface area contributed by atoms with Crippen LogP contribution in [-0.2, 0) is 30.2 Å². The number of hydrogen-bond acceptors (Lipinski definition) is 5. The number of hydrogen-bond donors (Lipinski definition) is 3. The number of nitrogens with one attached hydrogen (secondary N) is 2. The summed E-state index contributed by atoms with van der Waals surface area (Å²) in [4.78, 5) is 0.126. The predicted molar refractivity (Wildman–Crippen MR) is 73.2 cm³/mol. The monoisotopic (exact) mass is 298 g/mol. The van der Waals surface area contributed by atoms with Gasteiger partial charge in [0.1, 0.15) is 4.90 Å². The number of aromatic nitrogens is 4. The van der Waals surface area contributed by atoms with Crippen LogP contribution in [0.3, 0.4) is 0 Å². The number of rotatable bonds is 5. The van der Waals surface area contributed by atoms with Crippen LogP contribution in [0.2, 0.25) is 0 Å². The summed E-state index contributed by atoms with van der Waals surface area (Å²) in [5.41, 5.74) is 8.05. The Balaban J connectivity index is 2.24. The second-order valence-electron chi connectivity index (χ2n) is 4.53. The summed E-state index contributed by atoms with van der Waals surface area (Å²) in [7, 11) is -1.85. The van der Waals surface area contributed by atoms with Gasteiger partial charge in [-0.25, -0.2) is 13.1 Å². The van der Waals surface area contributed by atoms with Gasteiger partial charge < -0.3 is 5.73 Å². The van der Waals surface area contributed by atoms with Gasteiger partial charge in [-0.05, 0) is 13.8 Å². The third kappa shape index (κ3) is 2.60. The Labute approximate surface area is 117 Å². The Morgan fingerprint density at radius 3 is 2.70 bits per heavy atom. The van der Waals surface area contributed by atoms with Crippen molar-refractivity contribution in [2.24, 2.45) is 12.8 Å². The Hall–Kier alpha value is -1.71. The summed E-state index contributed by atoms with van der Waals surface area (Å²) in [5, 5.41) is 10.6. The van der Waals surface area contributed by atoms with Gasteiger partial charge in [-0.15, -0.1) is 0 Å². The fraction of sp³-hybridized carbons (Fsp3) is 0.455. The zero-order valence-electron chi connectivity index (χ0n) is 11.6. The minimum absolute atomic E-state index is 0.0620. The molecule has 2 aromatic heterocycles. The van der Waals surface area contributed by atoms with Crippen molar-refractivity contribution in [1.29, 1.82) is 0 Å². The molecular formula is C11H18N6O2S. The maximum Gasteiger partial charge on any atom is 0.244 e. The van der Waals surface area contributed by atoms with E-state index in [9.17, 15) is 8.42 Å². The van der Waals surface area contributed by atoms with E-state index < -0.39 is 10.0 Å². The highest BCUT2D eigenvalue weighted by atomic mass is 32.2. The molecule has 0 amide bonds. The van der Waals surface area contributed by atoms with Crippen molar-refractivity contribution in [2.75, 3.05) is 0 Å². The van der Waals surface area contributed by atoms with Crippen LogP contribution in [0, 0.1) is 13.8 Å². The molecule has 0 aliphatic carbocycles. The molecule has 2 rings (SSSR count). The molecule has 0 aliphatic rings. The smallest absolute Gasteiger partial charge is 0.244 e. The van der Waals surface area contributed by atoms with Crippen LogP contribution in [0.5, 0.6) is 0 Å². The molecule has 0 spiro atoms. The normalized spacial score (nSPS) is 12.0. The molecule has 0 bridgehead atoms. The van der Waals surface area contributed by atoms with Crippen LogP contribution in [0.4, 0.5) is 0 Å². The molecule has 0 saturated carbocycles. The van der Waals surface area contributed by atoms with Crippen molar-refractivity contribution in [3.63, 3.8) is 0 Å². The van der Waals surface area contributed by atoms with Gasteiger partial charge in [0, 0.05) is 31.4 Å².